The minimum absolute atomic E-state index is 0.0323. The van der Waals surface area contributed by atoms with Gasteiger partial charge in [0.15, 0.2) is 0 Å². The number of ether oxygens (including phenoxy) is 5. The molecule has 2 N–H and O–H groups in total. The third-order valence-corrected chi connectivity index (χ3v) is 3.62. The molecule has 0 unspecified atom stereocenters. The summed E-state index contributed by atoms with van der Waals surface area (Å²) in [6, 6.07) is 0. The van der Waals surface area contributed by atoms with Gasteiger partial charge in [-0.05, 0) is 12.8 Å². The summed E-state index contributed by atoms with van der Waals surface area (Å²) < 4.78 is 25.9. The van der Waals surface area contributed by atoms with Gasteiger partial charge in [0.1, 0.15) is 6.61 Å². The second kappa shape index (κ2) is 22.2. The van der Waals surface area contributed by atoms with Gasteiger partial charge in [-0.15, -0.1) is 11.6 Å². The number of alkyl halides is 1. The second-order valence-electron chi connectivity index (χ2n) is 5.76. The highest BCUT2D eigenvalue weighted by molar-refractivity contribution is 6.17. The molecule has 0 spiro atoms. The van der Waals surface area contributed by atoms with Crippen LogP contribution in [0.5, 0.6) is 0 Å². The van der Waals surface area contributed by atoms with Gasteiger partial charge in [-0.1, -0.05) is 12.8 Å². The van der Waals surface area contributed by atoms with Crippen molar-refractivity contribution >= 4 is 23.7 Å². The summed E-state index contributed by atoms with van der Waals surface area (Å²) in [5.41, 5.74) is 0. The molecule has 0 aliphatic heterocycles. The zero-order valence-electron chi connectivity index (χ0n) is 16.5. The molecule has 0 aromatic heterocycles. The van der Waals surface area contributed by atoms with E-state index < -0.39 is 12.1 Å². The van der Waals surface area contributed by atoms with E-state index in [9.17, 15) is 9.59 Å². The molecule has 0 aromatic carbocycles. The van der Waals surface area contributed by atoms with Crippen LogP contribution in [0.3, 0.4) is 0 Å². The number of carbonyl (C=O) groups excluding carboxylic acids is 1. The number of rotatable bonds is 21. The smallest absolute Gasteiger partial charge is 0.407 e. The van der Waals surface area contributed by atoms with Crippen molar-refractivity contribution in [3.8, 4) is 0 Å². The van der Waals surface area contributed by atoms with Crippen LogP contribution in [0, 0.1) is 0 Å². The van der Waals surface area contributed by atoms with Crippen molar-refractivity contribution in [3.05, 3.63) is 0 Å². The van der Waals surface area contributed by atoms with E-state index in [2.05, 4.69) is 5.32 Å². The number of halogens is 1. The van der Waals surface area contributed by atoms with Crippen LogP contribution in [0.1, 0.15) is 32.1 Å². The molecule has 0 rings (SSSR count). The van der Waals surface area contributed by atoms with E-state index in [0.29, 0.717) is 39.6 Å². The molecule has 166 valence electrons. The van der Waals surface area contributed by atoms with Crippen molar-refractivity contribution in [1.82, 2.24) is 5.32 Å². The predicted octanol–water partition coefficient (Wildman–Crippen LogP) is 2.05. The molecule has 0 fully saturated rings. The molecule has 0 aliphatic carbocycles. The van der Waals surface area contributed by atoms with Gasteiger partial charge in [0.25, 0.3) is 0 Å². The van der Waals surface area contributed by atoms with E-state index in [1.54, 1.807) is 0 Å². The quantitative estimate of drug-likeness (QED) is 0.211. The van der Waals surface area contributed by atoms with Crippen LogP contribution in [0.4, 0.5) is 4.79 Å². The third kappa shape index (κ3) is 22.9. The Labute approximate surface area is 171 Å². The molecule has 0 radical (unpaired) electrons. The van der Waals surface area contributed by atoms with E-state index in [-0.39, 0.29) is 26.2 Å². The fourth-order valence-corrected chi connectivity index (χ4v) is 2.11. The van der Waals surface area contributed by atoms with Crippen molar-refractivity contribution in [2.75, 3.05) is 71.9 Å². The van der Waals surface area contributed by atoms with Crippen LogP contribution in [-0.4, -0.2) is 89.1 Å². The van der Waals surface area contributed by atoms with Crippen molar-refractivity contribution < 1.29 is 38.4 Å². The molecular weight excluding hydrogens is 394 g/mol. The van der Waals surface area contributed by atoms with Crippen LogP contribution >= 0.6 is 11.6 Å². The van der Waals surface area contributed by atoms with Crippen LogP contribution in [-0.2, 0) is 28.5 Å². The van der Waals surface area contributed by atoms with Gasteiger partial charge < -0.3 is 34.1 Å². The number of amides is 1. The van der Waals surface area contributed by atoms with E-state index in [1.807, 2.05) is 0 Å². The molecule has 0 aromatic rings. The number of hydrogen-bond donors (Lipinski definition) is 2. The fourth-order valence-electron chi connectivity index (χ4n) is 1.93. The number of aliphatic carboxylic acids is 1. The molecule has 28 heavy (non-hydrogen) atoms. The number of carboxylic acids is 1. The Morgan fingerprint density at radius 2 is 1.29 bits per heavy atom. The minimum atomic E-state index is -0.899. The highest BCUT2D eigenvalue weighted by Crippen LogP contribution is 2.01. The van der Waals surface area contributed by atoms with E-state index in [4.69, 9.17) is 40.4 Å². The van der Waals surface area contributed by atoms with Gasteiger partial charge in [0.05, 0.1) is 52.7 Å². The van der Waals surface area contributed by atoms with E-state index in [0.717, 1.165) is 38.2 Å². The molecule has 0 aliphatic rings. The summed E-state index contributed by atoms with van der Waals surface area (Å²) in [7, 11) is 0. The highest BCUT2D eigenvalue weighted by Gasteiger charge is 2.01. The highest BCUT2D eigenvalue weighted by atomic mass is 35.5. The number of hydrogen-bond acceptors (Lipinski definition) is 7. The summed E-state index contributed by atoms with van der Waals surface area (Å²) in [4.78, 5) is 21.7. The Balaban J connectivity index is 3.16. The topological polar surface area (TPSA) is 113 Å². The maximum Gasteiger partial charge on any atom is 0.407 e. The summed E-state index contributed by atoms with van der Waals surface area (Å²) >= 11 is 5.60. The van der Waals surface area contributed by atoms with Crippen LogP contribution < -0.4 is 5.32 Å². The van der Waals surface area contributed by atoms with Gasteiger partial charge in [-0.2, -0.15) is 0 Å². The Morgan fingerprint density at radius 3 is 1.96 bits per heavy atom. The first-order chi connectivity index (χ1) is 13.7. The molecule has 0 saturated carbocycles. The lowest BCUT2D eigenvalue weighted by Gasteiger charge is -2.09. The molecular formula is C18H34ClNO8. The average molecular weight is 428 g/mol. The summed E-state index contributed by atoms with van der Waals surface area (Å²) in [5.74, 6) is -0.180. The predicted molar refractivity (Wildman–Crippen MR) is 104 cm³/mol. The molecule has 0 heterocycles. The first-order valence-corrected chi connectivity index (χ1v) is 10.2. The first-order valence-electron chi connectivity index (χ1n) is 9.66. The van der Waals surface area contributed by atoms with E-state index >= 15 is 0 Å². The Bertz CT molecular complexity index is 373. The van der Waals surface area contributed by atoms with Crippen molar-refractivity contribution in [3.63, 3.8) is 0 Å². The van der Waals surface area contributed by atoms with Crippen molar-refractivity contribution in [2.45, 2.75) is 32.1 Å². The Kier molecular flexibility index (Phi) is 21.3. The largest absolute Gasteiger partial charge is 0.481 e. The fraction of sp³-hybridized carbons (Fsp3) is 0.889. The molecule has 1 amide bonds. The lowest BCUT2D eigenvalue weighted by molar-refractivity contribution is -0.138. The summed E-state index contributed by atoms with van der Waals surface area (Å²) in [6.45, 7) is 3.64. The lowest BCUT2D eigenvalue weighted by atomic mass is 10.2. The lowest BCUT2D eigenvalue weighted by Crippen LogP contribution is -2.29. The van der Waals surface area contributed by atoms with Gasteiger partial charge >= 0.3 is 12.1 Å². The number of unbranched alkanes of at least 4 members (excludes halogenated alkanes) is 3. The van der Waals surface area contributed by atoms with Crippen LogP contribution in [0.2, 0.25) is 0 Å². The number of nitrogens with one attached hydrogen (secondary N) is 1. The summed E-state index contributed by atoms with van der Waals surface area (Å²) in [5, 5.41) is 11.0. The third-order valence-electron chi connectivity index (χ3n) is 3.35. The molecule has 0 bridgehead atoms. The van der Waals surface area contributed by atoms with Crippen LogP contribution in [0.25, 0.3) is 0 Å². The van der Waals surface area contributed by atoms with E-state index in [1.165, 1.54) is 0 Å². The number of carboxylic acid groups (broad SMARTS) is 1. The zero-order chi connectivity index (χ0) is 20.7. The molecule has 9 nitrogen and oxygen atoms in total. The van der Waals surface area contributed by atoms with Crippen LogP contribution in [0.15, 0.2) is 0 Å². The summed E-state index contributed by atoms with van der Waals surface area (Å²) in [6.07, 6.45) is 3.79. The van der Waals surface area contributed by atoms with Gasteiger partial charge in [0, 0.05) is 19.0 Å². The normalized spacial score (nSPS) is 10.8. The Morgan fingerprint density at radius 1 is 0.714 bits per heavy atom. The zero-order valence-corrected chi connectivity index (χ0v) is 17.3. The van der Waals surface area contributed by atoms with Crippen molar-refractivity contribution in [2.24, 2.45) is 0 Å². The second-order valence-corrected chi connectivity index (χ2v) is 6.14. The van der Waals surface area contributed by atoms with Gasteiger partial charge in [-0.3, -0.25) is 4.79 Å². The molecule has 10 heteroatoms. The maximum absolute atomic E-state index is 11.4. The Hall–Kier alpha value is -1.13. The SMILES string of the molecule is O=C(O)CCOCCOCCOC(=O)NCCOCCOCCCCCCCl. The minimum Gasteiger partial charge on any atom is -0.481 e. The first kappa shape index (κ1) is 26.9. The standard InChI is InChI=1S/C18H34ClNO8/c19-6-3-1-2-4-8-24-11-13-26-10-7-20-18(23)28-16-15-27-14-12-25-9-5-17(21)22/h1-16H2,(H,20,23)(H,21,22). The molecule has 0 atom stereocenters. The average Bonchev–Trinajstić information content (AvgIpc) is 2.67. The maximum atomic E-state index is 11.4. The van der Waals surface area contributed by atoms with Crippen molar-refractivity contribution in [1.29, 1.82) is 0 Å². The number of carbonyl (C=O) groups is 2. The number of alkyl carbamates (subject to hydrolysis) is 1. The molecule has 0 saturated heterocycles. The monoisotopic (exact) mass is 427 g/mol. The van der Waals surface area contributed by atoms with Gasteiger partial charge in [-0.25, -0.2) is 4.79 Å². The van der Waals surface area contributed by atoms with Gasteiger partial charge in [0.2, 0.25) is 0 Å².